The highest BCUT2D eigenvalue weighted by molar-refractivity contribution is 7.13. The van der Waals surface area contributed by atoms with Gasteiger partial charge in [0.25, 0.3) is 5.91 Å². The van der Waals surface area contributed by atoms with Crippen molar-refractivity contribution in [1.29, 1.82) is 0 Å². The number of nitrogens with one attached hydrogen (secondary N) is 1. The Labute approximate surface area is 136 Å². The van der Waals surface area contributed by atoms with E-state index in [9.17, 15) is 18.7 Å². The average Bonchev–Trinajstić information content (AvgIpc) is 2.99. The first-order chi connectivity index (χ1) is 10.9. The van der Waals surface area contributed by atoms with E-state index < -0.39 is 17.4 Å². The summed E-state index contributed by atoms with van der Waals surface area (Å²) in [4.78, 5) is 16.0. The fourth-order valence-electron chi connectivity index (χ4n) is 2.42. The van der Waals surface area contributed by atoms with E-state index in [-0.39, 0.29) is 19.4 Å². The number of rotatable bonds is 5. The number of hydrogen-bond donors (Lipinski definition) is 2. The summed E-state index contributed by atoms with van der Waals surface area (Å²) in [6.45, 7) is -0.0894. The number of thiazole rings is 1. The molecule has 0 bridgehead atoms. The lowest BCUT2D eigenvalue weighted by Gasteiger charge is -2.41. The summed E-state index contributed by atoms with van der Waals surface area (Å²) < 4.78 is 27.9. The average molecular weight is 338 g/mol. The molecule has 2 N–H and O–H groups in total. The fraction of sp³-hybridized carbons (Fsp3) is 0.375. The van der Waals surface area contributed by atoms with Crippen LogP contribution in [0.25, 0.3) is 10.6 Å². The Hall–Kier alpha value is -1.86. The minimum Gasteiger partial charge on any atom is -0.383 e. The molecule has 0 radical (unpaired) electrons. The number of nitrogens with zero attached hydrogens (tertiary/aromatic N) is 1. The molecule has 1 saturated carbocycles. The molecule has 1 fully saturated rings. The zero-order valence-electron chi connectivity index (χ0n) is 12.3. The van der Waals surface area contributed by atoms with Gasteiger partial charge in [0.15, 0.2) is 0 Å². The molecular formula is C16H16F2N2O2S. The van der Waals surface area contributed by atoms with Crippen LogP contribution in [0.2, 0.25) is 0 Å². The predicted octanol–water partition coefficient (Wildman–Crippen LogP) is 2.98. The van der Waals surface area contributed by atoms with Gasteiger partial charge in [0.2, 0.25) is 0 Å². The number of hydrogen-bond acceptors (Lipinski definition) is 4. The van der Waals surface area contributed by atoms with Gasteiger partial charge in [0, 0.05) is 10.9 Å². The lowest BCUT2D eigenvalue weighted by atomic mass is 9.75. The molecule has 7 heteroatoms. The van der Waals surface area contributed by atoms with E-state index in [1.54, 1.807) is 5.38 Å². The Morgan fingerprint density at radius 1 is 1.35 bits per heavy atom. The molecule has 0 aliphatic heterocycles. The molecule has 1 aliphatic carbocycles. The topological polar surface area (TPSA) is 62.2 Å². The summed E-state index contributed by atoms with van der Waals surface area (Å²) in [7, 11) is 0. The third kappa shape index (κ3) is 2.98. The van der Waals surface area contributed by atoms with Crippen LogP contribution < -0.4 is 5.32 Å². The number of amides is 1. The maximum absolute atomic E-state index is 13.9. The third-order valence-corrected chi connectivity index (χ3v) is 4.99. The van der Waals surface area contributed by atoms with Crippen molar-refractivity contribution >= 4 is 17.2 Å². The summed E-state index contributed by atoms with van der Waals surface area (Å²) in [5.41, 5.74) is -0.753. The first-order valence-electron chi connectivity index (χ1n) is 7.31. The molecule has 122 valence electrons. The van der Waals surface area contributed by atoms with Gasteiger partial charge >= 0.3 is 5.92 Å². The van der Waals surface area contributed by atoms with Crippen LogP contribution in [-0.4, -0.2) is 27.5 Å². The highest BCUT2D eigenvalue weighted by Gasteiger charge is 2.61. The number of carbonyl (C=O) groups excluding carboxylic acids is 1. The first kappa shape index (κ1) is 16.0. The zero-order chi connectivity index (χ0) is 16.5. The van der Waals surface area contributed by atoms with E-state index in [4.69, 9.17) is 0 Å². The maximum atomic E-state index is 13.9. The van der Waals surface area contributed by atoms with Crippen molar-refractivity contribution in [2.24, 2.45) is 0 Å². The second-order valence-corrected chi connectivity index (χ2v) is 6.51. The molecule has 0 atom stereocenters. The maximum Gasteiger partial charge on any atom is 0.352 e. The lowest BCUT2D eigenvalue weighted by molar-refractivity contribution is -0.216. The van der Waals surface area contributed by atoms with Gasteiger partial charge in [-0.1, -0.05) is 30.3 Å². The number of halogens is 2. The van der Waals surface area contributed by atoms with Crippen molar-refractivity contribution in [2.75, 3.05) is 0 Å². The molecule has 4 nitrogen and oxygen atoms in total. The van der Waals surface area contributed by atoms with Gasteiger partial charge in [0.05, 0.1) is 12.2 Å². The predicted molar refractivity (Wildman–Crippen MR) is 83.1 cm³/mol. The smallest absolute Gasteiger partial charge is 0.352 e. The van der Waals surface area contributed by atoms with Gasteiger partial charge in [-0.3, -0.25) is 4.79 Å². The van der Waals surface area contributed by atoms with Crippen LogP contribution in [0.1, 0.15) is 25.0 Å². The monoisotopic (exact) mass is 338 g/mol. The highest BCUT2D eigenvalue weighted by Crippen LogP contribution is 2.44. The van der Waals surface area contributed by atoms with Gasteiger partial charge in [-0.25, -0.2) is 4.98 Å². The number of alkyl halides is 2. The van der Waals surface area contributed by atoms with Crippen LogP contribution in [-0.2, 0) is 11.3 Å². The third-order valence-electron chi connectivity index (χ3n) is 4.05. The Bertz CT molecular complexity index is 699. The molecule has 1 aromatic carbocycles. The van der Waals surface area contributed by atoms with E-state index in [0.29, 0.717) is 12.1 Å². The van der Waals surface area contributed by atoms with Crippen molar-refractivity contribution in [3.63, 3.8) is 0 Å². The van der Waals surface area contributed by atoms with Crippen molar-refractivity contribution in [2.45, 2.75) is 37.3 Å². The van der Waals surface area contributed by atoms with Gasteiger partial charge in [-0.15, -0.1) is 11.3 Å². The molecule has 1 aliphatic rings. The van der Waals surface area contributed by atoms with E-state index in [1.165, 1.54) is 11.3 Å². The van der Waals surface area contributed by atoms with Crippen LogP contribution in [0.3, 0.4) is 0 Å². The van der Waals surface area contributed by atoms with E-state index in [2.05, 4.69) is 10.3 Å². The van der Waals surface area contributed by atoms with Crippen molar-refractivity contribution in [3.05, 3.63) is 41.4 Å². The van der Waals surface area contributed by atoms with Crippen LogP contribution >= 0.6 is 11.3 Å². The second-order valence-electron chi connectivity index (χ2n) is 5.65. The minimum absolute atomic E-state index is 0.0533. The van der Waals surface area contributed by atoms with Gasteiger partial charge in [0.1, 0.15) is 10.6 Å². The number of benzene rings is 1. The van der Waals surface area contributed by atoms with Crippen LogP contribution in [0, 0.1) is 0 Å². The fourth-order valence-corrected chi connectivity index (χ4v) is 3.25. The Morgan fingerprint density at radius 3 is 2.65 bits per heavy atom. The molecule has 3 rings (SSSR count). The summed E-state index contributed by atoms with van der Waals surface area (Å²) in [5, 5.41) is 14.4. The number of aromatic nitrogens is 1. The van der Waals surface area contributed by atoms with E-state index in [1.807, 2.05) is 30.3 Å². The van der Waals surface area contributed by atoms with Crippen LogP contribution in [0.5, 0.6) is 0 Å². The Morgan fingerprint density at radius 2 is 2.04 bits per heavy atom. The van der Waals surface area contributed by atoms with Crippen LogP contribution in [0.15, 0.2) is 35.7 Å². The second kappa shape index (κ2) is 5.98. The SMILES string of the molecule is O=C(NCc1csc(-c2ccccc2)n1)C(F)(F)C1(O)CCC1. The lowest BCUT2D eigenvalue weighted by Crippen LogP contribution is -2.60. The summed E-state index contributed by atoms with van der Waals surface area (Å²) >= 11 is 1.38. The molecule has 23 heavy (non-hydrogen) atoms. The van der Waals surface area contributed by atoms with Crippen LogP contribution in [0.4, 0.5) is 8.78 Å². The normalized spacial score (nSPS) is 16.7. The summed E-state index contributed by atoms with van der Waals surface area (Å²) in [6.07, 6.45) is 0.399. The quantitative estimate of drug-likeness (QED) is 0.881. The number of carbonyl (C=O) groups is 1. The van der Waals surface area contributed by atoms with E-state index >= 15 is 0 Å². The summed E-state index contributed by atoms with van der Waals surface area (Å²) in [6, 6.07) is 9.48. The van der Waals surface area contributed by atoms with Gasteiger partial charge < -0.3 is 10.4 Å². The molecule has 1 heterocycles. The van der Waals surface area contributed by atoms with E-state index in [0.717, 1.165) is 10.6 Å². The standard InChI is InChI=1S/C16H16F2N2O2S/c17-16(18,15(22)7-4-8-15)14(21)19-9-12-10-23-13(20-12)11-5-2-1-3-6-11/h1-3,5-6,10,22H,4,7-9H2,(H,19,21). The Balaban J connectivity index is 1.63. The molecule has 0 saturated heterocycles. The van der Waals surface area contributed by atoms with Gasteiger partial charge in [-0.05, 0) is 19.3 Å². The molecule has 0 spiro atoms. The molecular weight excluding hydrogens is 322 g/mol. The molecule has 0 unspecified atom stereocenters. The molecule has 1 amide bonds. The highest BCUT2D eigenvalue weighted by atomic mass is 32.1. The molecule has 1 aromatic heterocycles. The first-order valence-corrected chi connectivity index (χ1v) is 8.19. The largest absolute Gasteiger partial charge is 0.383 e. The number of aliphatic hydroxyl groups is 1. The van der Waals surface area contributed by atoms with Crippen molar-refractivity contribution in [3.8, 4) is 10.6 Å². The van der Waals surface area contributed by atoms with Crippen molar-refractivity contribution < 1.29 is 18.7 Å². The zero-order valence-corrected chi connectivity index (χ0v) is 13.1. The Kier molecular flexibility index (Phi) is 4.16. The minimum atomic E-state index is -3.77. The molecule has 2 aromatic rings. The van der Waals surface area contributed by atoms with Crippen molar-refractivity contribution in [1.82, 2.24) is 10.3 Å². The van der Waals surface area contributed by atoms with Gasteiger partial charge in [-0.2, -0.15) is 8.78 Å². The summed E-state index contributed by atoms with van der Waals surface area (Å²) in [5.74, 6) is -5.22.